The first kappa shape index (κ1) is 15.0. The molecule has 2 aromatic carbocycles. The number of nitro benzene ring substituents is 1. The van der Waals surface area contributed by atoms with Crippen molar-refractivity contribution in [2.24, 2.45) is 4.99 Å². The molecule has 0 amide bonds. The van der Waals surface area contributed by atoms with Gasteiger partial charge in [-0.05, 0) is 12.1 Å². The molecule has 0 spiro atoms. The normalized spacial score (nSPS) is 13.4. The first-order chi connectivity index (χ1) is 12.2. The number of rotatable bonds is 4. The Labute approximate surface area is 143 Å². The molecule has 2 heterocycles. The highest BCUT2D eigenvalue weighted by Gasteiger charge is 2.22. The minimum Gasteiger partial charge on any atom is -0.367 e. The van der Waals surface area contributed by atoms with Gasteiger partial charge >= 0.3 is 0 Å². The third-order valence-corrected chi connectivity index (χ3v) is 3.92. The van der Waals surface area contributed by atoms with E-state index < -0.39 is 4.92 Å². The molecule has 1 N–H and O–H groups in total. The van der Waals surface area contributed by atoms with Crippen LogP contribution in [0.3, 0.4) is 0 Å². The Morgan fingerprint density at radius 1 is 1.08 bits per heavy atom. The van der Waals surface area contributed by atoms with E-state index >= 15 is 0 Å². The molecule has 8 nitrogen and oxygen atoms in total. The molecule has 0 saturated carbocycles. The molecule has 25 heavy (non-hydrogen) atoms. The molecule has 0 fully saturated rings. The topological polar surface area (TPSA) is 98.2 Å². The number of amidine groups is 1. The van der Waals surface area contributed by atoms with E-state index in [1.54, 1.807) is 16.8 Å². The van der Waals surface area contributed by atoms with E-state index in [0.717, 1.165) is 17.8 Å². The fourth-order valence-corrected chi connectivity index (χ4v) is 2.75. The smallest absolute Gasteiger partial charge is 0.269 e. The lowest BCUT2D eigenvalue weighted by Gasteiger charge is -2.08. The van der Waals surface area contributed by atoms with Crippen LogP contribution in [0.5, 0.6) is 0 Å². The van der Waals surface area contributed by atoms with Crippen LogP contribution in [-0.4, -0.2) is 38.8 Å². The second-order valence-corrected chi connectivity index (χ2v) is 5.50. The van der Waals surface area contributed by atoms with Crippen molar-refractivity contribution in [1.82, 2.24) is 20.3 Å². The maximum atomic E-state index is 10.9. The zero-order valence-corrected chi connectivity index (χ0v) is 13.2. The highest BCUT2D eigenvalue weighted by molar-refractivity contribution is 6.03. The fourth-order valence-electron chi connectivity index (χ4n) is 2.75. The van der Waals surface area contributed by atoms with Crippen LogP contribution in [0.1, 0.15) is 5.69 Å². The number of hydrogen-bond acceptors (Lipinski definition) is 6. The molecule has 1 aliphatic rings. The summed E-state index contributed by atoms with van der Waals surface area (Å²) in [6.07, 6.45) is 0. The van der Waals surface area contributed by atoms with Crippen molar-refractivity contribution in [3.05, 3.63) is 70.4 Å². The van der Waals surface area contributed by atoms with Gasteiger partial charge in [-0.15, -0.1) is 5.10 Å². The van der Waals surface area contributed by atoms with Gasteiger partial charge in [0.05, 0.1) is 17.2 Å². The largest absolute Gasteiger partial charge is 0.367 e. The standard InChI is InChI=1S/C17H14N6O2/c24-23(25)14-8-6-13(7-9-14)22-16(12-4-2-1-3-5-12)15(20-21-22)17-18-10-11-19-17/h1-9H,10-11H2,(H,18,19). The third kappa shape index (κ3) is 2.74. The van der Waals surface area contributed by atoms with Gasteiger partial charge < -0.3 is 5.32 Å². The van der Waals surface area contributed by atoms with Crippen molar-refractivity contribution >= 4 is 11.5 Å². The van der Waals surface area contributed by atoms with Gasteiger partial charge in [-0.1, -0.05) is 35.5 Å². The van der Waals surface area contributed by atoms with Gasteiger partial charge in [-0.25, -0.2) is 4.68 Å². The number of nitrogens with one attached hydrogen (secondary N) is 1. The van der Waals surface area contributed by atoms with Gasteiger partial charge in [0.1, 0.15) is 5.69 Å². The van der Waals surface area contributed by atoms with Crippen LogP contribution in [0.2, 0.25) is 0 Å². The molecule has 1 aliphatic heterocycles. The number of aromatic nitrogens is 3. The van der Waals surface area contributed by atoms with Gasteiger partial charge in [-0.3, -0.25) is 15.1 Å². The van der Waals surface area contributed by atoms with Gasteiger partial charge in [-0.2, -0.15) is 0 Å². The van der Waals surface area contributed by atoms with Crippen LogP contribution in [0.4, 0.5) is 5.69 Å². The van der Waals surface area contributed by atoms with Gasteiger partial charge in [0.25, 0.3) is 5.69 Å². The Morgan fingerprint density at radius 2 is 1.84 bits per heavy atom. The summed E-state index contributed by atoms with van der Waals surface area (Å²) in [7, 11) is 0. The molecule has 0 unspecified atom stereocenters. The lowest BCUT2D eigenvalue weighted by atomic mass is 10.1. The van der Waals surface area contributed by atoms with Crippen LogP contribution in [-0.2, 0) is 0 Å². The zero-order valence-electron chi connectivity index (χ0n) is 13.2. The van der Waals surface area contributed by atoms with Crippen molar-refractivity contribution in [3.8, 4) is 16.9 Å². The molecule has 0 saturated heterocycles. The molecule has 4 rings (SSSR count). The second kappa shape index (κ2) is 6.16. The average Bonchev–Trinajstić information content (AvgIpc) is 3.32. The van der Waals surface area contributed by atoms with E-state index in [2.05, 4.69) is 20.6 Å². The van der Waals surface area contributed by atoms with Crippen molar-refractivity contribution < 1.29 is 4.92 Å². The van der Waals surface area contributed by atoms with Gasteiger partial charge in [0, 0.05) is 24.2 Å². The number of hydrogen-bond donors (Lipinski definition) is 1. The van der Waals surface area contributed by atoms with E-state index in [0.29, 0.717) is 23.8 Å². The maximum absolute atomic E-state index is 10.9. The number of nitrogens with zero attached hydrogens (tertiary/aromatic N) is 5. The third-order valence-electron chi connectivity index (χ3n) is 3.92. The number of benzene rings is 2. The number of aliphatic imine (C=N–C) groups is 1. The number of nitro groups is 1. The lowest BCUT2D eigenvalue weighted by Crippen LogP contribution is -2.20. The van der Waals surface area contributed by atoms with Crippen molar-refractivity contribution in [2.45, 2.75) is 0 Å². The Balaban J connectivity index is 1.86. The number of non-ortho nitro benzene ring substituents is 1. The van der Waals surface area contributed by atoms with Crippen LogP contribution >= 0.6 is 0 Å². The minimum atomic E-state index is -0.425. The summed E-state index contributed by atoms with van der Waals surface area (Å²) in [6.45, 7) is 1.47. The molecule has 1 aromatic heterocycles. The Morgan fingerprint density at radius 3 is 2.48 bits per heavy atom. The van der Waals surface area contributed by atoms with E-state index in [-0.39, 0.29) is 5.69 Å². The zero-order chi connectivity index (χ0) is 17.2. The van der Waals surface area contributed by atoms with E-state index in [4.69, 9.17) is 0 Å². The molecular weight excluding hydrogens is 320 g/mol. The molecule has 124 valence electrons. The molecular formula is C17H14N6O2. The van der Waals surface area contributed by atoms with Crippen LogP contribution in [0.15, 0.2) is 59.6 Å². The average molecular weight is 334 g/mol. The lowest BCUT2D eigenvalue weighted by molar-refractivity contribution is -0.384. The summed E-state index contributed by atoms with van der Waals surface area (Å²) in [4.78, 5) is 14.9. The van der Waals surface area contributed by atoms with Crippen LogP contribution in [0.25, 0.3) is 16.9 Å². The molecule has 0 aliphatic carbocycles. The summed E-state index contributed by atoms with van der Waals surface area (Å²) in [5.74, 6) is 0.715. The molecule has 0 atom stereocenters. The predicted octanol–water partition coefficient (Wildman–Crippen LogP) is 2.19. The van der Waals surface area contributed by atoms with E-state index in [1.165, 1.54) is 12.1 Å². The highest BCUT2D eigenvalue weighted by Crippen LogP contribution is 2.26. The van der Waals surface area contributed by atoms with Crippen molar-refractivity contribution in [2.75, 3.05) is 13.1 Å². The van der Waals surface area contributed by atoms with Gasteiger partial charge in [0.2, 0.25) is 0 Å². The quantitative estimate of drug-likeness (QED) is 0.582. The fraction of sp³-hybridized carbons (Fsp3) is 0.118. The summed E-state index contributed by atoms with van der Waals surface area (Å²) < 4.78 is 1.68. The molecule has 3 aromatic rings. The monoisotopic (exact) mass is 334 g/mol. The first-order valence-electron chi connectivity index (χ1n) is 7.79. The second-order valence-electron chi connectivity index (χ2n) is 5.50. The van der Waals surface area contributed by atoms with Crippen LogP contribution in [0, 0.1) is 10.1 Å². The Bertz CT molecular complexity index is 947. The van der Waals surface area contributed by atoms with Crippen molar-refractivity contribution in [3.63, 3.8) is 0 Å². The molecule has 0 radical (unpaired) electrons. The summed E-state index contributed by atoms with van der Waals surface area (Å²) in [6, 6.07) is 16.0. The molecule has 8 heteroatoms. The van der Waals surface area contributed by atoms with Crippen LogP contribution < -0.4 is 5.32 Å². The summed E-state index contributed by atoms with van der Waals surface area (Å²) >= 11 is 0. The molecule has 0 bridgehead atoms. The Hall–Kier alpha value is -3.55. The Kier molecular flexibility index (Phi) is 3.70. The summed E-state index contributed by atoms with van der Waals surface area (Å²) in [5, 5.41) is 22.6. The first-order valence-corrected chi connectivity index (χ1v) is 7.79. The van der Waals surface area contributed by atoms with E-state index in [9.17, 15) is 10.1 Å². The summed E-state index contributed by atoms with van der Waals surface area (Å²) in [5.41, 5.74) is 3.14. The predicted molar refractivity (Wildman–Crippen MR) is 92.9 cm³/mol. The highest BCUT2D eigenvalue weighted by atomic mass is 16.6. The van der Waals surface area contributed by atoms with Crippen molar-refractivity contribution in [1.29, 1.82) is 0 Å². The maximum Gasteiger partial charge on any atom is 0.269 e. The minimum absolute atomic E-state index is 0.0344. The van der Waals surface area contributed by atoms with E-state index in [1.807, 2.05) is 30.3 Å². The van der Waals surface area contributed by atoms with Gasteiger partial charge in [0.15, 0.2) is 11.5 Å². The SMILES string of the molecule is O=[N+]([O-])c1ccc(-n2nnc(C3=NCCN3)c2-c2ccccc2)cc1.